The molecule has 0 aliphatic heterocycles. The molecule has 0 heterocycles. The Hall–Kier alpha value is 0.290. The summed E-state index contributed by atoms with van der Waals surface area (Å²) < 4.78 is 0. The van der Waals surface area contributed by atoms with Crippen LogP contribution >= 0.6 is 11.6 Å². The summed E-state index contributed by atoms with van der Waals surface area (Å²) >= 11 is 5.71. The lowest BCUT2D eigenvalue weighted by atomic mass is 10.0. The fraction of sp³-hybridized carbons (Fsp3) is 1.00. The molecule has 0 radical (unpaired) electrons. The topological polar surface area (TPSA) is 0 Å². The Labute approximate surface area is 204 Å². The Bertz CT molecular complexity index is 260. The monoisotopic (exact) mass is 456 g/mol. The maximum absolute atomic E-state index is 5.71. The number of alkyl halides is 1. The first kappa shape index (κ1) is 31.3. The second kappa shape index (κ2) is 30.3. The highest BCUT2D eigenvalue weighted by Gasteiger charge is 1.96. The summed E-state index contributed by atoms with van der Waals surface area (Å²) in [5, 5.41) is 0. The zero-order valence-corrected chi connectivity index (χ0v) is 22.6. The lowest BCUT2D eigenvalue weighted by molar-refractivity contribution is 0.514. The van der Waals surface area contributed by atoms with Crippen molar-refractivity contribution in [2.45, 2.75) is 187 Å². The van der Waals surface area contributed by atoms with Crippen LogP contribution in [0.5, 0.6) is 0 Å². The first-order valence-corrected chi connectivity index (χ1v) is 15.5. The fourth-order valence-corrected chi connectivity index (χ4v) is 4.95. The SMILES string of the molecule is CCCCCCCCCCCCCCCCCCCCCCCCCCCCCCCl. The minimum Gasteiger partial charge on any atom is -0.127 e. The molecule has 0 nitrogen and oxygen atoms in total. The average Bonchev–Trinajstić information content (AvgIpc) is 2.78. The zero-order chi connectivity index (χ0) is 22.5. The number of unbranched alkanes of at least 4 members (excludes halogenated alkanes) is 27. The second-order valence-corrected chi connectivity index (χ2v) is 10.6. The molecule has 0 aromatic carbocycles. The van der Waals surface area contributed by atoms with Crippen molar-refractivity contribution in [3.63, 3.8) is 0 Å². The lowest BCUT2D eigenvalue weighted by Crippen LogP contribution is -1.85. The van der Waals surface area contributed by atoms with Crippen LogP contribution in [-0.4, -0.2) is 5.88 Å². The number of rotatable bonds is 28. The maximum Gasteiger partial charge on any atom is 0.0223 e. The highest BCUT2D eigenvalue weighted by Crippen LogP contribution is 2.16. The fourth-order valence-electron chi connectivity index (χ4n) is 4.76. The van der Waals surface area contributed by atoms with Gasteiger partial charge in [-0.25, -0.2) is 0 Å². The van der Waals surface area contributed by atoms with E-state index >= 15 is 0 Å². The van der Waals surface area contributed by atoms with Crippen LogP contribution in [0.2, 0.25) is 0 Å². The van der Waals surface area contributed by atoms with Gasteiger partial charge in [-0.3, -0.25) is 0 Å². The van der Waals surface area contributed by atoms with Crippen molar-refractivity contribution in [1.29, 1.82) is 0 Å². The summed E-state index contributed by atoms with van der Waals surface area (Å²) in [6.07, 6.45) is 40.7. The second-order valence-electron chi connectivity index (χ2n) is 10.2. The molecule has 0 aliphatic rings. The Balaban J connectivity index is 2.98. The van der Waals surface area contributed by atoms with Crippen LogP contribution in [0.3, 0.4) is 0 Å². The molecule has 0 amide bonds. The molecule has 1 heteroatoms. The predicted molar refractivity (Wildman–Crippen MR) is 146 cm³/mol. The molecule has 0 aromatic heterocycles. The van der Waals surface area contributed by atoms with E-state index in [1.165, 1.54) is 180 Å². The molecule has 0 N–H and O–H groups in total. The maximum atomic E-state index is 5.71. The van der Waals surface area contributed by atoms with Gasteiger partial charge in [-0.2, -0.15) is 0 Å². The molecule has 0 unspecified atom stereocenters. The summed E-state index contributed by atoms with van der Waals surface area (Å²) in [6.45, 7) is 2.30. The highest BCUT2D eigenvalue weighted by molar-refractivity contribution is 6.17. The molecular weight excluding hydrogens is 396 g/mol. The zero-order valence-electron chi connectivity index (χ0n) is 21.9. The van der Waals surface area contributed by atoms with Gasteiger partial charge >= 0.3 is 0 Å². The van der Waals surface area contributed by atoms with Crippen molar-refractivity contribution in [3.05, 3.63) is 0 Å². The van der Waals surface area contributed by atoms with E-state index in [4.69, 9.17) is 11.6 Å². The molecule has 0 bridgehead atoms. The molecule has 0 rings (SSSR count). The number of hydrogen-bond donors (Lipinski definition) is 0. The minimum atomic E-state index is 0.847. The van der Waals surface area contributed by atoms with Crippen molar-refractivity contribution in [1.82, 2.24) is 0 Å². The quantitative estimate of drug-likeness (QED) is 0.0810. The van der Waals surface area contributed by atoms with Crippen LogP contribution in [-0.2, 0) is 0 Å². The van der Waals surface area contributed by atoms with Crippen molar-refractivity contribution in [3.8, 4) is 0 Å². The molecule has 0 atom stereocenters. The molecule has 31 heavy (non-hydrogen) atoms. The van der Waals surface area contributed by atoms with Gasteiger partial charge in [0.25, 0.3) is 0 Å². The van der Waals surface area contributed by atoms with Gasteiger partial charge in [0.05, 0.1) is 0 Å². The van der Waals surface area contributed by atoms with Crippen molar-refractivity contribution < 1.29 is 0 Å². The van der Waals surface area contributed by atoms with E-state index < -0.39 is 0 Å². The van der Waals surface area contributed by atoms with E-state index in [0.29, 0.717) is 0 Å². The van der Waals surface area contributed by atoms with Crippen LogP contribution in [0.1, 0.15) is 187 Å². The average molecular weight is 457 g/mol. The van der Waals surface area contributed by atoms with Gasteiger partial charge in [0.15, 0.2) is 0 Å². The molecule has 0 aliphatic carbocycles. The van der Waals surface area contributed by atoms with Crippen LogP contribution in [0.25, 0.3) is 0 Å². The van der Waals surface area contributed by atoms with Gasteiger partial charge in [0.2, 0.25) is 0 Å². The van der Waals surface area contributed by atoms with Crippen LogP contribution in [0.15, 0.2) is 0 Å². The predicted octanol–water partition coefficient (Wildman–Crippen LogP) is 12.2. The van der Waals surface area contributed by atoms with E-state index in [0.717, 1.165) is 5.88 Å². The molecule has 0 aromatic rings. The highest BCUT2D eigenvalue weighted by atomic mass is 35.5. The lowest BCUT2D eigenvalue weighted by Gasteiger charge is -2.04. The summed E-state index contributed by atoms with van der Waals surface area (Å²) in [5.74, 6) is 0.847. The van der Waals surface area contributed by atoms with Crippen molar-refractivity contribution >= 4 is 11.6 Å². The van der Waals surface area contributed by atoms with Crippen molar-refractivity contribution in [2.75, 3.05) is 5.88 Å². The van der Waals surface area contributed by atoms with Gasteiger partial charge in [-0.15, -0.1) is 11.6 Å². The van der Waals surface area contributed by atoms with E-state index in [2.05, 4.69) is 6.92 Å². The Morgan fingerprint density at radius 3 is 0.581 bits per heavy atom. The van der Waals surface area contributed by atoms with E-state index in [-0.39, 0.29) is 0 Å². The third-order valence-corrected chi connectivity index (χ3v) is 7.25. The molecule has 0 fully saturated rings. The summed E-state index contributed by atoms with van der Waals surface area (Å²) in [6, 6.07) is 0. The van der Waals surface area contributed by atoms with Gasteiger partial charge in [-0.1, -0.05) is 180 Å². The summed E-state index contributed by atoms with van der Waals surface area (Å²) in [4.78, 5) is 0. The number of hydrogen-bond acceptors (Lipinski definition) is 0. The van der Waals surface area contributed by atoms with Crippen LogP contribution in [0, 0.1) is 0 Å². The summed E-state index contributed by atoms with van der Waals surface area (Å²) in [7, 11) is 0. The Morgan fingerprint density at radius 1 is 0.258 bits per heavy atom. The van der Waals surface area contributed by atoms with Gasteiger partial charge in [0, 0.05) is 5.88 Å². The van der Waals surface area contributed by atoms with E-state index in [1.54, 1.807) is 0 Å². The smallest absolute Gasteiger partial charge is 0.0223 e. The summed E-state index contributed by atoms with van der Waals surface area (Å²) in [5.41, 5.74) is 0. The van der Waals surface area contributed by atoms with Crippen LogP contribution in [0.4, 0.5) is 0 Å². The largest absolute Gasteiger partial charge is 0.127 e. The molecule has 0 saturated heterocycles. The minimum absolute atomic E-state index is 0.847. The van der Waals surface area contributed by atoms with Gasteiger partial charge < -0.3 is 0 Å². The Kier molecular flexibility index (Phi) is 30.6. The van der Waals surface area contributed by atoms with Gasteiger partial charge in [0.1, 0.15) is 0 Å². The van der Waals surface area contributed by atoms with E-state index in [9.17, 15) is 0 Å². The third-order valence-electron chi connectivity index (χ3n) is 6.99. The Morgan fingerprint density at radius 2 is 0.419 bits per heavy atom. The first-order chi connectivity index (χ1) is 15.4. The third kappa shape index (κ3) is 30.3. The van der Waals surface area contributed by atoms with Crippen LogP contribution < -0.4 is 0 Å². The molecule has 0 spiro atoms. The van der Waals surface area contributed by atoms with E-state index in [1.807, 2.05) is 0 Å². The van der Waals surface area contributed by atoms with Gasteiger partial charge in [-0.05, 0) is 6.42 Å². The first-order valence-electron chi connectivity index (χ1n) is 15.0. The normalized spacial score (nSPS) is 11.4. The molecule has 0 saturated carbocycles. The molecule has 188 valence electrons. The molecular formula is C30H61Cl. The number of halogens is 1. The van der Waals surface area contributed by atoms with Crippen molar-refractivity contribution in [2.24, 2.45) is 0 Å². The standard InChI is InChI=1S/C30H61Cl/c1-2-3-4-5-6-7-8-9-10-11-12-13-14-15-16-17-18-19-20-21-22-23-24-25-26-27-28-29-30-31/h2-30H2,1H3.